The summed E-state index contributed by atoms with van der Waals surface area (Å²) in [4.78, 5) is 56.5. The number of halogens is 1. The van der Waals surface area contributed by atoms with Crippen molar-refractivity contribution < 1.29 is 19.2 Å². The zero-order valence-electron chi connectivity index (χ0n) is 19.6. The van der Waals surface area contributed by atoms with Crippen LogP contribution in [0.25, 0.3) is 10.9 Å². The Kier molecular flexibility index (Phi) is 5.56. The predicted octanol–water partition coefficient (Wildman–Crippen LogP) is 3.60. The van der Waals surface area contributed by atoms with Crippen molar-refractivity contribution in [2.75, 3.05) is 13.1 Å². The molecule has 0 aliphatic carbocycles. The van der Waals surface area contributed by atoms with Gasteiger partial charge in [0.25, 0.3) is 11.8 Å². The molecule has 1 aromatic heterocycles. The van der Waals surface area contributed by atoms with Gasteiger partial charge in [-0.2, -0.15) is 0 Å². The van der Waals surface area contributed by atoms with E-state index in [0.29, 0.717) is 48.3 Å². The van der Waals surface area contributed by atoms with Crippen LogP contribution in [0.2, 0.25) is 5.02 Å². The number of aromatic amines is 1. The number of amides is 4. The van der Waals surface area contributed by atoms with Crippen molar-refractivity contribution in [3.8, 4) is 0 Å². The molecule has 2 fully saturated rings. The van der Waals surface area contributed by atoms with Crippen LogP contribution in [0.5, 0.6) is 0 Å². The van der Waals surface area contributed by atoms with Crippen LogP contribution in [0.4, 0.5) is 0 Å². The van der Waals surface area contributed by atoms with E-state index in [0.717, 1.165) is 34.9 Å². The molecule has 1 unspecified atom stereocenters. The molecular formula is C27H25ClN4O4. The van der Waals surface area contributed by atoms with Gasteiger partial charge in [-0.25, -0.2) is 0 Å². The van der Waals surface area contributed by atoms with E-state index in [1.54, 1.807) is 11.0 Å². The number of fused-ring (bicyclic) bond motifs is 2. The van der Waals surface area contributed by atoms with Crippen LogP contribution in [0.1, 0.15) is 63.6 Å². The Balaban J connectivity index is 1.12. The van der Waals surface area contributed by atoms with E-state index in [1.807, 2.05) is 35.2 Å². The molecule has 36 heavy (non-hydrogen) atoms. The normalized spacial score (nSPS) is 20.7. The van der Waals surface area contributed by atoms with Gasteiger partial charge in [-0.05, 0) is 66.6 Å². The van der Waals surface area contributed by atoms with Crippen molar-refractivity contribution in [2.45, 2.75) is 44.2 Å². The van der Waals surface area contributed by atoms with Gasteiger partial charge in [-0.15, -0.1) is 0 Å². The zero-order valence-corrected chi connectivity index (χ0v) is 20.3. The Labute approximate surface area is 212 Å². The average Bonchev–Trinajstić information content (AvgIpc) is 3.44. The van der Waals surface area contributed by atoms with Gasteiger partial charge in [0, 0.05) is 47.5 Å². The zero-order chi connectivity index (χ0) is 25.0. The van der Waals surface area contributed by atoms with E-state index in [1.165, 1.54) is 0 Å². The molecule has 2 aromatic carbocycles. The Hall–Kier alpha value is -3.65. The number of carbonyl (C=O) groups is 4. The number of hydrogen-bond acceptors (Lipinski definition) is 4. The molecule has 4 amide bonds. The smallest absolute Gasteiger partial charge is 0.270 e. The summed E-state index contributed by atoms with van der Waals surface area (Å²) < 4.78 is 0. The van der Waals surface area contributed by atoms with Gasteiger partial charge >= 0.3 is 0 Å². The van der Waals surface area contributed by atoms with Crippen molar-refractivity contribution in [1.29, 1.82) is 0 Å². The number of piperidine rings is 2. The molecule has 3 aromatic rings. The molecular weight excluding hydrogens is 480 g/mol. The average molecular weight is 505 g/mol. The van der Waals surface area contributed by atoms with Crippen LogP contribution in [0, 0.1) is 0 Å². The molecule has 0 bridgehead atoms. The van der Waals surface area contributed by atoms with Crippen molar-refractivity contribution in [1.82, 2.24) is 20.1 Å². The van der Waals surface area contributed by atoms with E-state index in [-0.39, 0.29) is 24.1 Å². The van der Waals surface area contributed by atoms with E-state index < -0.39 is 11.9 Å². The number of benzene rings is 2. The van der Waals surface area contributed by atoms with Gasteiger partial charge in [-0.1, -0.05) is 23.7 Å². The lowest BCUT2D eigenvalue weighted by molar-refractivity contribution is -0.136. The first-order valence-electron chi connectivity index (χ1n) is 12.2. The van der Waals surface area contributed by atoms with Crippen LogP contribution in [-0.2, 0) is 16.1 Å². The van der Waals surface area contributed by atoms with E-state index >= 15 is 0 Å². The number of likely N-dealkylation sites (tertiary alicyclic amines) is 1. The molecule has 0 saturated carbocycles. The summed E-state index contributed by atoms with van der Waals surface area (Å²) in [5.41, 5.74) is 4.14. The highest BCUT2D eigenvalue weighted by molar-refractivity contribution is 6.31. The van der Waals surface area contributed by atoms with Crippen LogP contribution < -0.4 is 5.32 Å². The lowest BCUT2D eigenvalue weighted by Gasteiger charge is -2.32. The molecule has 0 radical (unpaired) electrons. The Bertz CT molecular complexity index is 1420. The fourth-order valence-electron chi connectivity index (χ4n) is 5.65. The number of H-pyrrole nitrogens is 1. The maximum Gasteiger partial charge on any atom is 0.270 e. The first-order chi connectivity index (χ1) is 17.4. The number of nitrogens with zero attached hydrogens (tertiary/aromatic N) is 2. The third kappa shape index (κ3) is 3.95. The molecule has 6 rings (SSSR count). The van der Waals surface area contributed by atoms with Gasteiger partial charge in [0.05, 0.1) is 0 Å². The van der Waals surface area contributed by atoms with Gasteiger partial charge < -0.3 is 14.8 Å². The maximum absolute atomic E-state index is 13.1. The summed E-state index contributed by atoms with van der Waals surface area (Å²) in [5, 5.41) is 3.89. The highest BCUT2D eigenvalue weighted by atomic mass is 35.5. The Morgan fingerprint density at radius 3 is 2.56 bits per heavy atom. The van der Waals surface area contributed by atoms with Crippen LogP contribution >= 0.6 is 11.6 Å². The van der Waals surface area contributed by atoms with E-state index in [9.17, 15) is 19.2 Å². The number of aromatic nitrogens is 1. The molecule has 4 heterocycles. The summed E-state index contributed by atoms with van der Waals surface area (Å²) in [6.07, 6.45) is 2.27. The summed E-state index contributed by atoms with van der Waals surface area (Å²) in [5.74, 6) is -0.573. The minimum Gasteiger partial charge on any atom is -0.351 e. The van der Waals surface area contributed by atoms with Gasteiger partial charge in [0.2, 0.25) is 11.8 Å². The van der Waals surface area contributed by atoms with Crippen LogP contribution in [0.15, 0.2) is 42.5 Å². The first kappa shape index (κ1) is 22.8. The second-order valence-corrected chi connectivity index (χ2v) is 10.2. The number of hydrogen-bond donors (Lipinski definition) is 2. The predicted molar refractivity (Wildman–Crippen MR) is 134 cm³/mol. The van der Waals surface area contributed by atoms with Crippen molar-refractivity contribution in [3.63, 3.8) is 0 Å². The van der Waals surface area contributed by atoms with Gasteiger partial charge in [0.1, 0.15) is 11.7 Å². The molecule has 2 saturated heterocycles. The number of carbonyl (C=O) groups excluding carboxylic acids is 4. The standard InChI is InChI=1S/C27H25ClN4O4/c28-19-2-4-21-17(12-19)13-22(29-21)27(36)31-9-7-15(8-10-31)16-1-3-20-18(11-16)14-32(26(20)35)23-5-6-24(33)30-25(23)34/h1-4,11-13,15,23,29H,5-10,14H2,(H,30,33,34). The number of imide groups is 1. The number of nitrogens with one attached hydrogen (secondary N) is 2. The van der Waals surface area contributed by atoms with Crippen LogP contribution in [0.3, 0.4) is 0 Å². The van der Waals surface area contributed by atoms with E-state index in [4.69, 9.17) is 11.6 Å². The summed E-state index contributed by atoms with van der Waals surface area (Å²) in [6.45, 7) is 1.67. The largest absolute Gasteiger partial charge is 0.351 e. The van der Waals surface area contributed by atoms with Crippen molar-refractivity contribution in [2.24, 2.45) is 0 Å². The lowest BCUT2D eigenvalue weighted by Crippen LogP contribution is -2.52. The molecule has 0 spiro atoms. The molecule has 3 aliphatic heterocycles. The SMILES string of the molecule is O=C1CCC(N2Cc3cc(C4CCN(C(=O)c5cc6cc(Cl)ccc6[nH]5)CC4)ccc3C2=O)C(=O)N1. The van der Waals surface area contributed by atoms with Gasteiger partial charge in [0.15, 0.2) is 0 Å². The molecule has 184 valence electrons. The van der Waals surface area contributed by atoms with Crippen LogP contribution in [-0.4, -0.2) is 57.5 Å². The monoisotopic (exact) mass is 504 g/mol. The van der Waals surface area contributed by atoms with E-state index in [2.05, 4.69) is 16.4 Å². The molecule has 2 N–H and O–H groups in total. The second-order valence-electron chi connectivity index (χ2n) is 9.80. The third-order valence-electron chi connectivity index (χ3n) is 7.61. The van der Waals surface area contributed by atoms with Crippen molar-refractivity contribution in [3.05, 3.63) is 69.9 Å². The first-order valence-corrected chi connectivity index (χ1v) is 12.6. The maximum atomic E-state index is 13.1. The summed E-state index contributed by atoms with van der Waals surface area (Å²) in [6, 6.07) is 12.7. The third-order valence-corrected chi connectivity index (χ3v) is 7.85. The lowest BCUT2D eigenvalue weighted by atomic mass is 9.88. The fraction of sp³-hybridized carbons (Fsp3) is 0.333. The minimum atomic E-state index is -0.610. The Morgan fingerprint density at radius 1 is 0.972 bits per heavy atom. The fourth-order valence-corrected chi connectivity index (χ4v) is 5.83. The second kappa shape index (κ2) is 8.78. The van der Waals surface area contributed by atoms with Crippen molar-refractivity contribution >= 4 is 46.1 Å². The quantitative estimate of drug-likeness (QED) is 0.532. The summed E-state index contributed by atoms with van der Waals surface area (Å²) in [7, 11) is 0. The topological polar surface area (TPSA) is 103 Å². The Morgan fingerprint density at radius 2 is 1.78 bits per heavy atom. The minimum absolute atomic E-state index is 0.0137. The molecule has 8 nitrogen and oxygen atoms in total. The molecule has 3 aliphatic rings. The van der Waals surface area contributed by atoms with Gasteiger partial charge in [-0.3, -0.25) is 24.5 Å². The highest BCUT2D eigenvalue weighted by Crippen LogP contribution is 2.34. The summed E-state index contributed by atoms with van der Waals surface area (Å²) >= 11 is 6.07. The molecule has 9 heteroatoms. The highest BCUT2D eigenvalue weighted by Gasteiger charge is 2.39. The number of rotatable bonds is 3. The molecule has 1 atom stereocenters.